The molecular weight excluding hydrogens is 314 g/mol. The largest absolute Gasteiger partial charge is 0.378 e. The van der Waals surface area contributed by atoms with Crippen LogP contribution in [0.1, 0.15) is 45.4 Å². The summed E-state index contributed by atoms with van der Waals surface area (Å²) >= 11 is 0. The molecule has 138 valence electrons. The van der Waals surface area contributed by atoms with E-state index in [2.05, 4.69) is 27.7 Å². The van der Waals surface area contributed by atoms with Gasteiger partial charge < -0.3 is 20.3 Å². The van der Waals surface area contributed by atoms with Crippen LogP contribution < -0.4 is 15.5 Å². The SMILES string of the molecule is C[C@H](NC1CCCCCC1)C(=O)Nc1ccc(N2CCOCC2)cc1. The molecule has 25 heavy (non-hydrogen) atoms. The van der Waals surface area contributed by atoms with Gasteiger partial charge in [0.15, 0.2) is 0 Å². The monoisotopic (exact) mass is 345 g/mol. The summed E-state index contributed by atoms with van der Waals surface area (Å²) in [6, 6.07) is 8.44. The van der Waals surface area contributed by atoms with Crippen LogP contribution in [0.5, 0.6) is 0 Å². The van der Waals surface area contributed by atoms with Gasteiger partial charge >= 0.3 is 0 Å². The Labute approximate surface area is 151 Å². The van der Waals surface area contributed by atoms with Crippen molar-refractivity contribution < 1.29 is 9.53 Å². The van der Waals surface area contributed by atoms with Crippen molar-refractivity contribution in [1.29, 1.82) is 0 Å². The van der Waals surface area contributed by atoms with E-state index in [9.17, 15) is 4.79 Å². The Morgan fingerprint density at radius 3 is 2.36 bits per heavy atom. The van der Waals surface area contributed by atoms with Gasteiger partial charge in [-0.15, -0.1) is 0 Å². The summed E-state index contributed by atoms with van der Waals surface area (Å²) in [5.74, 6) is 0.0448. The highest BCUT2D eigenvalue weighted by molar-refractivity contribution is 5.94. The van der Waals surface area contributed by atoms with Crippen molar-refractivity contribution in [1.82, 2.24) is 5.32 Å². The molecule has 2 N–H and O–H groups in total. The van der Waals surface area contributed by atoms with E-state index in [1.165, 1.54) is 44.2 Å². The van der Waals surface area contributed by atoms with E-state index in [1.54, 1.807) is 0 Å². The van der Waals surface area contributed by atoms with Crippen molar-refractivity contribution >= 4 is 17.3 Å². The quantitative estimate of drug-likeness (QED) is 0.805. The van der Waals surface area contributed by atoms with Crippen molar-refractivity contribution in [3.63, 3.8) is 0 Å². The minimum absolute atomic E-state index is 0.0448. The van der Waals surface area contributed by atoms with Gasteiger partial charge in [-0.05, 0) is 44.0 Å². The van der Waals surface area contributed by atoms with Gasteiger partial charge in [0.05, 0.1) is 19.3 Å². The lowest BCUT2D eigenvalue weighted by Gasteiger charge is -2.29. The number of anilines is 2. The average Bonchev–Trinajstić information content (AvgIpc) is 2.92. The molecule has 2 aliphatic rings. The van der Waals surface area contributed by atoms with Crippen LogP contribution in [0, 0.1) is 0 Å². The second-order valence-corrected chi connectivity index (χ2v) is 7.21. The second-order valence-electron chi connectivity index (χ2n) is 7.21. The molecule has 2 fully saturated rings. The Morgan fingerprint density at radius 1 is 1.08 bits per heavy atom. The number of morpholine rings is 1. The van der Waals surface area contributed by atoms with E-state index in [0.29, 0.717) is 6.04 Å². The van der Waals surface area contributed by atoms with E-state index < -0.39 is 0 Å². The second kappa shape index (κ2) is 9.20. The molecule has 1 aromatic carbocycles. The summed E-state index contributed by atoms with van der Waals surface area (Å²) in [6.45, 7) is 5.37. The Balaban J connectivity index is 1.49. The highest BCUT2D eigenvalue weighted by Crippen LogP contribution is 2.20. The summed E-state index contributed by atoms with van der Waals surface area (Å²) in [7, 11) is 0. The summed E-state index contributed by atoms with van der Waals surface area (Å²) in [5, 5.41) is 6.54. The number of nitrogens with zero attached hydrogens (tertiary/aromatic N) is 1. The Hall–Kier alpha value is -1.59. The molecule has 1 aliphatic carbocycles. The van der Waals surface area contributed by atoms with E-state index in [-0.39, 0.29) is 11.9 Å². The molecule has 1 saturated heterocycles. The Kier molecular flexibility index (Phi) is 6.70. The first-order valence-corrected chi connectivity index (χ1v) is 9.72. The maximum Gasteiger partial charge on any atom is 0.241 e. The number of nitrogens with one attached hydrogen (secondary N) is 2. The molecular formula is C20H31N3O2. The third kappa shape index (κ3) is 5.44. The zero-order valence-corrected chi connectivity index (χ0v) is 15.3. The van der Waals surface area contributed by atoms with Gasteiger partial charge in [-0.2, -0.15) is 0 Å². The first-order chi connectivity index (χ1) is 12.2. The van der Waals surface area contributed by atoms with Crippen LogP contribution in [0.25, 0.3) is 0 Å². The van der Waals surface area contributed by atoms with E-state index in [4.69, 9.17) is 4.74 Å². The molecule has 0 spiro atoms. The minimum Gasteiger partial charge on any atom is -0.378 e. The lowest BCUT2D eigenvalue weighted by Crippen LogP contribution is -2.43. The van der Waals surface area contributed by atoms with Gasteiger partial charge in [0.2, 0.25) is 5.91 Å². The third-order valence-corrected chi connectivity index (χ3v) is 5.25. The Bertz CT molecular complexity index is 532. The lowest BCUT2D eigenvalue weighted by molar-refractivity contribution is -0.118. The number of amides is 1. The van der Waals surface area contributed by atoms with Crippen molar-refractivity contribution in [2.45, 2.75) is 57.5 Å². The molecule has 0 radical (unpaired) electrons. The number of ether oxygens (including phenoxy) is 1. The third-order valence-electron chi connectivity index (χ3n) is 5.25. The molecule has 0 aromatic heterocycles. The summed E-state index contributed by atoms with van der Waals surface area (Å²) in [5.41, 5.74) is 2.04. The number of hydrogen-bond acceptors (Lipinski definition) is 4. The topological polar surface area (TPSA) is 53.6 Å². The fraction of sp³-hybridized carbons (Fsp3) is 0.650. The van der Waals surface area contributed by atoms with Crippen LogP contribution in [0.4, 0.5) is 11.4 Å². The molecule has 1 aliphatic heterocycles. The fourth-order valence-corrected chi connectivity index (χ4v) is 3.70. The van der Waals surface area contributed by atoms with E-state index in [0.717, 1.165) is 32.0 Å². The van der Waals surface area contributed by atoms with Crippen molar-refractivity contribution in [3.05, 3.63) is 24.3 Å². The maximum atomic E-state index is 12.5. The average molecular weight is 345 g/mol. The number of carbonyl (C=O) groups excluding carboxylic acids is 1. The first kappa shape index (κ1) is 18.2. The molecule has 1 heterocycles. The molecule has 5 heteroatoms. The van der Waals surface area contributed by atoms with E-state index >= 15 is 0 Å². The van der Waals surface area contributed by atoms with Crippen LogP contribution in [-0.4, -0.2) is 44.3 Å². The predicted octanol–water partition coefficient (Wildman–Crippen LogP) is 3.16. The van der Waals surface area contributed by atoms with Crippen LogP contribution in [0.2, 0.25) is 0 Å². The summed E-state index contributed by atoms with van der Waals surface area (Å²) < 4.78 is 5.39. The standard InChI is InChI=1S/C20H31N3O2/c1-16(21-17-6-4-2-3-5-7-17)20(24)22-18-8-10-19(11-9-18)23-12-14-25-15-13-23/h8-11,16-17,21H,2-7,12-15H2,1H3,(H,22,24)/t16-/m0/s1. The van der Waals surface area contributed by atoms with Crippen LogP contribution in [0.3, 0.4) is 0 Å². The van der Waals surface area contributed by atoms with Crippen LogP contribution in [0.15, 0.2) is 24.3 Å². The molecule has 1 aromatic rings. The van der Waals surface area contributed by atoms with Gasteiger partial charge in [0, 0.05) is 30.5 Å². The molecule has 0 bridgehead atoms. The number of rotatable bonds is 5. The van der Waals surface area contributed by atoms with Gasteiger partial charge in [0.1, 0.15) is 0 Å². The molecule has 3 rings (SSSR count). The smallest absolute Gasteiger partial charge is 0.241 e. The number of benzene rings is 1. The molecule has 1 saturated carbocycles. The van der Waals surface area contributed by atoms with Crippen molar-refractivity contribution in [2.75, 3.05) is 36.5 Å². The highest BCUT2D eigenvalue weighted by atomic mass is 16.5. The molecule has 1 amide bonds. The number of hydrogen-bond donors (Lipinski definition) is 2. The van der Waals surface area contributed by atoms with Crippen LogP contribution >= 0.6 is 0 Å². The molecule has 5 nitrogen and oxygen atoms in total. The maximum absolute atomic E-state index is 12.5. The summed E-state index contributed by atoms with van der Waals surface area (Å²) in [4.78, 5) is 14.8. The minimum atomic E-state index is -0.165. The molecule has 1 atom stereocenters. The first-order valence-electron chi connectivity index (χ1n) is 9.72. The van der Waals surface area contributed by atoms with Gasteiger partial charge in [-0.3, -0.25) is 4.79 Å². The normalized spacial score (nSPS) is 20.8. The van der Waals surface area contributed by atoms with Gasteiger partial charge in [-0.25, -0.2) is 0 Å². The zero-order chi connectivity index (χ0) is 17.5. The highest BCUT2D eigenvalue weighted by Gasteiger charge is 2.19. The summed E-state index contributed by atoms with van der Waals surface area (Å²) in [6.07, 6.45) is 7.57. The van der Waals surface area contributed by atoms with Gasteiger partial charge in [-0.1, -0.05) is 25.7 Å². The Morgan fingerprint density at radius 2 is 1.72 bits per heavy atom. The molecule has 0 unspecified atom stereocenters. The van der Waals surface area contributed by atoms with E-state index in [1.807, 2.05) is 19.1 Å². The zero-order valence-electron chi connectivity index (χ0n) is 15.3. The fourth-order valence-electron chi connectivity index (χ4n) is 3.70. The predicted molar refractivity (Wildman–Crippen MR) is 102 cm³/mol. The van der Waals surface area contributed by atoms with Crippen LogP contribution in [-0.2, 0) is 9.53 Å². The van der Waals surface area contributed by atoms with Crippen molar-refractivity contribution in [3.8, 4) is 0 Å². The van der Waals surface area contributed by atoms with Gasteiger partial charge in [0.25, 0.3) is 0 Å². The lowest BCUT2D eigenvalue weighted by atomic mass is 10.1. The number of carbonyl (C=O) groups is 1. The van der Waals surface area contributed by atoms with Crippen molar-refractivity contribution in [2.24, 2.45) is 0 Å².